The number of hydrogen-bond acceptors (Lipinski definition) is 5. The zero-order valence-corrected chi connectivity index (χ0v) is 17.5. The molecule has 2 heterocycles. The van der Waals surface area contributed by atoms with Crippen LogP contribution in [0.4, 0.5) is 17.3 Å². The molecule has 2 N–H and O–H groups in total. The van der Waals surface area contributed by atoms with Gasteiger partial charge in [-0.25, -0.2) is 9.97 Å². The first-order valence-electron chi connectivity index (χ1n) is 10.4. The Bertz CT molecular complexity index is 836. The molecule has 0 spiro atoms. The lowest BCUT2D eigenvalue weighted by atomic mass is 9.90. The molecule has 0 radical (unpaired) electrons. The summed E-state index contributed by atoms with van der Waals surface area (Å²) in [6.07, 6.45) is 9.11. The Labute approximate surface area is 177 Å². The van der Waals surface area contributed by atoms with Crippen LogP contribution in [-0.2, 0) is 4.79 Å². The third-order valence-electron chi connectivity index (χ3n) is 6.30. The summed E-state index contributed by atoms with van der Waals surface area (Å²) in [5.74, 6) is 3.36. The second kappa shape index (κ2) is 8.99. The third kappa shape index (κ3) is 4.99. The predicted molar refractivity (Wildman–Crippen MR) is 118 cm³/mol. The summed E-state index contributed by atoms with van der Waals surface area (Å²) in [7, 11) is 0. The molecule has 1 amide bonds. The highest BCUT2D eigenvalue weighted by atomic mass is 35.5. The van der Waals surface area contributed by atoms with Crippen molar-refractivity contribution in [1.82, 2.24) is 9.97 Å². The molecule has 1 saturated heterocycles. The zero-order valence-electron chi connectivity index (χ0n) is 16.8. The van der Waals surface area contributed by atoms with Crippen LogP contribution in [0.5, 0.6) is 0 Å². The molecule has 2 aromatic rings. The Kier molecular flexibility index (Phi) is 6.19. The van der Waals surface area contributed by atoms with Crippen LogP contribution >= 0.6 is 11.6 Å². The normalized spacial score (nSPS) is 21.7. The summed E-state index contributed by atoms with van der Waals surface area (Å²) in [5.41, 5.74) is 3.05. The van der Waals surface area contributed by atoms with Crippen molar-refractivity contribution in [2.45, 2.75) is 32.6 Å². The van der Waals surface area contributed by atoms with E-state index in [2.05, 4.69) is 31.6 Å². The van der Waals surface area contributed by atoms with E-state index in [1.807, 2.05) is 19.1 Å². The molecule has 2 atom stereocenters. The predicted octanol–water partition coefficient (Wildman–Crippen LogP) is 4.36. The van der Waals surface area contributed by atoms with Crippen molar-refractivity contribution in [2.24, 2.45) is 17.8 Å². The fourth-order valence-corrected chi connectivity index (χ4v) is 4.68. The van der Waals surface area contributed by atoms with Gasteiger partial charge in [0.15, 0.2) is 0 Å². The number of anilines is 3. The Hall–Kier alpha value is -2.34. The van der Waals surface area contributed by atoms with E-state index >= 15 is 0 Å². The van der Waals surface area contributed by atoms with E-state index in [9.17, 15) is 4.79 Å². The standard InChI is InChI=1S/C22H28ClN5O/c1-15-10-19(2-3-21(15)27-14-29)24-7-4-17-11-20(17)16-5-8-28(9-6-16)22-25-12-18(23)13-26-22/h2-3,10,12-14,16-17,20,24H,4-9,11H2,1H3,(H,27,29). The minimum Gasteiger partial charge on any atom is -0.385 e. The number of aromatic nitrogens is 2. The van der Waals surface area contributed by atoms with Gasteiger partial charge in [0.1, 0.15) is 0 Å². The van der Waals surface area contributed by atoms with E-state index in [0.717, 1.165) is 66.7 Å². The van der Waals surface area contributed by atoms with Crippen LogP contribution in [0.2, 0.25) is 5.02 Å². The highest BCUT2D eigenvalue weighted by Crippen LogP contribution is 2.49. The largest absolute Gasteiger partial charge is 0.385 e. The van der Waals surface area contributed by atoms with E-state index in [1.54, 1.807) is 12.4 Å². The van der Waals surface area contributed by atoms with Crippen molar-refractivity contribution in [3.8, 4) is 0 Å². The fourth-order valence-electron chi connectivity index (χ4n) is 4.58. The summed E-state index contributed by atoms with van der Waals surface area (Å²) in [6.45, 7) is 5.08. The fraction of sp³-hybridized carbons (Fsp3) is 0.500. The number of hydrogen-bond donors (Lipinski definition) is 2. The molecule has 6 nitrogen and oxygen atoms in total. The maximum Gasteiger partial charge on any atom is 0.225 e. The molecule has 1 aliphatic heterocycles. The Morgan fingerprint density at radius 1 is 1.24 bits per heavy atom. The average molecular weight is 414 g/mol. The Balaban J connectivity index is 1.18. The molecule has 7 heteroatoms. The van der Waals surface area contributed by atoms with Crippen LogP contribution in [0.1, 0.15) is 31.2 Å². The second-order valence-corrected chi connectivity index (χ2v) is 8.63. The van der Waals surface area contributed by atoms with Gasteiger partial charge in [-0.05, 0) is 74.1 Å². The number of rotatable bonds is 8. The molecular formula is C22H28ClN5O. The maximum atomic E-state index is 10.6. The highest BCUT2D eigenvalue weighted by molar-refractivity contribution is 6.30. The lowest BCUT2D eigenvalue weighted by molar-refractivity contribution is -0.105. The molecule has 2 aliphatic rings. The molecular weight excluding hydrogens is 386 g/mol. The molecule has 1 aromatic heterocycles. The summed E-state index contributed by atoms with van der Waals surface area (Å²) < 4.78 is 0. The van der Waals surface area contributed by atoms with Gasteiger partial charge in [-0.15, -0.1) is 0 Å². The van der Waals surface area contributed by atoms with E-state index < -0.39 is 0 Å². The number of aryl methyl sites for hydroxylation is 1. The molecule has 154 valence electrons. The van der Waals surface area contributed by atoms with Gasteiger partial charge in [-0.2, -0.15) is 0 Å². The van der Waals surface area contributed by atoms with E-state index in [4.69, 9.17) is 11.6 Å². The van der Waals surface area contributed by atoms with Gasteiger partial charge < -0.3 is 15.5 Å². The van der Waals surface area contributed by atoms with Gasteiger partial charge in [-0.3, -0.25) is 4.79 Å². The van der Waals surface area contributed by atoms with Gasteiger partial charge in [-0.1, -0.05) is 11.6 Å². The van der Waals surface area contributed by atoms with Crippen LogP contribution in [0.25, 0.3) is 0 Å². The average Bonchev–Trinajstić information content (AvgIpc) is 3.50. The monoisotopic (exact) mass is 413 g/mol. The molecule has 1 aliphatic carbocycles. The molecule has 4 rings (SSSR count). The molecule has 2 unspecified atom stereocenters. The molecule has 1 aromatic carbocycles. The number of carbonyl (C=O) groups excluding carboxylic acids is 1. The van der Waals surface area contributed by atoms with E-state index in [-0.39, 0.29) is 0 Å². The maximum absolute atomic E-state index is 10.6. The number of halogens is 1. The van der Waals surface area contributed by atoms with E-state index in [1.165, 1.54) is 25.7 Å². The van der Waals surface area contributed by atoms with Crippen LogP contribution in [0.3, 0.4) is 0 Å². The zero-order chi connectivity index (χ0) is 20.2. The first kappa shape index (κ1) is 20.0. The third-order valence-corrected chi connectivity index (χ3v) is 6.49. The number of nitrogens with zero attached hydrogens (tertiary/aromatic N) is 3. The summed E-state index contributed by atoms with van der Waals surface area (Å²) in [4.78, 5) is 21.6. The van der Waals surface area contributed by atoms with Crippen molar-refractivity contribution in [3.05, 3.63) is 41.2 Å². The van der Waals surface area contributed by atoms with Crippen molar-refractivity contribution < 1.29 is 4.79 Å². The van der Waals surface area contributed by atoms with Gasteiger partial charge in [0.05, 0.1) is 17.4 Å². The van der Waals surface area contributed by atoms with Gasteiger partial charge >= 0.3 is 0 Å². The first-order valence-corrected chi connectivity index (χ1v) is 10.8. The second-order valence-electron chi connectivity index (χ2n) is 8.19. The highest BCUT2D eigenvalue weighted by Gasteiger charge is 2.43. The van der Waals surface area contributed by atoms with Crippen molar-refractivity contribution in [3.63, 3.8) is 0 Å². The van der Waals surface area contributed by atoms with Crippen molar-refractivity contribution >= 4 is 35.3 Å². The quantitative estimate of drug-likeness (QED) is 0.629. The minimum atomic E-state index is 0.585. The number of amides is 1. The SMILES string of the molecule is Cc1cc(NCCC2CC2C2CCN(c3ncc(Cl)cn3)CC2)ccc1NC=O. The number of nitrogens with one attached hydrogen (secondary N) is 2. The lowest BCUT2D eigenvalue weighted by Crippen LogP contribution is -2.35. The Morgan fingerprint density at radius 2 is 2.00 bits per heavy atom. The van der Waals surface area contributed by atoms with Gasteiger partial charge in [0.2, 0.25) is 12.4 Å². The van der Waals surface area contributed by atoms with E-state index in [0.29, 0.717) is 5.02 Å². The summed E-state index contributed by atoms with van der Waals surface area (Å²) >= 11 is 5.88. The molecule has 0 bridgehead atoms. The topological polar surface area (TPSA) is 70.2 Å². The van der Waals surface area contributed by atoms with Gasteiger partial charge in [0.25, 0.3) is 0 Å². The van der Waals surface area contributed by atoms with Crippen molar-refractivity contribution in [1.29, 1.82) is 0 Å². The van der Waals surface area contributed by atoms with Crippen LogP contribution in [0.15, 0.2) is 30.6 Å². The lowest BCUT2D eigenvalue weighted by Gasteiger charge is -2.32. The summed E-state index contributed by atoms with van der Waals surface area (Å²) in [5, 5.41) is 6.84. The summed E-state index contributed by atoms with van der Waals surface area (Å²) in [6, 6.07) is 6.06. The van der Waals surface area contributed by atoms with Gasteiger partial charge in [0, 0.05) is 31.0 Å². The Morgan fingerprint density at radius 3 is 2.69 bits per heavy atom. The van der Waals surface area contributed by atoms with Crippen LogP contribution < -0.4 is 15.5 Å². The minimum absolute atomic E-state index is 0.585. The van der Waals surface area contributed by atoms with Crippen molar-refractivity contribution in [2.75, 3.05) is 35.2 Å². The number of carbonyl (C=O) groups is 1. The molecule has 2 fully saturated rings. The molecule has 29 heavy (non-hydrogen) atoms. The number of benzene rings is 1. The first-order chi connectivity index (χ1) is 14.1. The smallest absolute Gasteiger partial charge is 0.225 e. The van der Waals surface area contributed by atoms with Crippen LogP contribution in [-0.4, -0.2) is 36.0 Å². The van der Waals surface area contributed by atoms with Crippen LogP contribution in [0, 0.1) is 24.7 Å². The molecule has 1 saturated carbocycles. The number of piperidine rings is 1.